The molecule has 3 aliphatic rings. The third-order valence-electron chi connectivity index (χ3n) is 9.56. The topological polar surface area (TPSA) is 116 Å². The number of aliphatic carboxylic acids is 1. The first kappa shape index (κ1) is 36.3. The first-order valence-electron chi connectivity index (χ1n) is 16.5. The first-order valence-corrected chi connectivity index (χ1v) is 16.5. The highest BCUT2D eigenvalue weighted by atomic mass is 19.4. The van der Waals surface area contributed by atoms with Gasteiger partial charge in [-0.05, 0) is 34.4 Å². The number of carboxylic acid groups (broad SMARTS) is 1. The number of carbonyl (C=O) groups is 3. The van der Waals surface area contributed by atoms with Crippen LogP contribution in [-0.4, -0.2) is 72.4 Å². The number of piperidine rings is 3. The number of amides is 1. The molecular formula is C39H39F3N2O6. The summed E-state index contributed by atoms with van der Waals surface area (Å²) in [5.41, 5.74) is 2.00. The molecule has 50 heavy (non-hydrogen) atoms. The Bertz CT molecular complexity index is 1690. The van der Waals surface area contributed by atoms with Crippen molar-refractivity contribution in [2.75, 3.05) is 32.7 Å². The van der Waals surface area contributed by atoms with E-state index >= 15 is 0 Å². The predicted octanol–water partition coefficient (Wildman–Crippen LogP) is 4.86. The summed E-state index contributed by atoms with van der Waals surface area (Å²) in [6, 6.07) is 35.9. The van der Waals surface area contributed by atoms with E-state index in [2.05, 4.69) is 17.4 Å². The Morgan fingerprint density at radius 3 is 1.76 bits per heavy atom. The number of esters is 1. The fourth-order valence-electron chi connectivity index (χ4n) is 6.82. The third-order valence-corrected chi connectivity index (χ3v) is 9.56. The van der Waals surface area contributed by atoms with E-state index in [-0.39, 0.29) is 12.0 Å². The summed E-state index contributed by atoms with van der Waals surface area (Å²) in [4.78, 5) is 35.3. The van der Waals surface area contributed by atoms with E-state index in [9.17, 15) is 27.9 Å². The maximum atomic E-state index is 13.8. The Morgan fingerprint density at radius 1 is 0.780 bits per heavy atom. The lowest BCUT2D eigenvalue weighted by atomic mass is 9.82. The number of halogens is 3. The molecule has 8 nitrogen and oxygen atoms in total. The lowest BCUT2D eigenvalue weighted by molar-refractivity contribution is -0.946. The second kappa shape index (κ2) is 15.7. The van der Waals surface area contributed by atoms with Gasteiger partial charge in [0.2, 0.25) is 5.60 Å². The molecule has 1 atom stereocenters. The zero-order valence-corrected chi connectivity index (χ0v) is 27.4. The Hall–Kier alpha value is -5.00. The van der Waals surface area contributed by atoms with Gasteiger partial charge in [0.1, 0.15) is 12.5 Å². The molecule has 0 saturated carbocycles. The van der Waals surface area contributed by atoms with Crippen LogP contribution in [0.4, 0.5) is 13.2 Å². The standard InChI is InChI=1S/C37H38N2O4.C2HF3O2/c40-35(31-19-17-29(18-20-31)28-11-4-1-5-12-28)38-23-10-24-39-25-21-30(22-26-39)34(27-39)43-36(41)37(42,32-13-6-2-7-14-32)33-15-8-3-9-16-33;3-2(4,5)1(6)7/h1-9,11-20,30,34,42H,10,21-27H2;(H,6,7)/t30?,34-,39?;/m0./s1. The van der Waals surface area contributed by atoms with Gasteiger partial charge in [-0.3, -0.25) is 4.79 Å². The number of fused-ring (bicyclic) bond motifs is 3. The summed E-state index contributed by atoms with van der Waals surface area (Å²) in [6.45, 7) is 4.35. The van der Waals surface area contributed by atoms with Crippen molar-refractivity contribution in [2.45, 2.75) is 37.1 Å². The molecule has 4 aromatic rings. The summed E-state index contributed by atoms with van der Waals surface area (Å²) in [5, 5.41) is 23.7. The summed E-state index contributed by atoms with van der Waals surface area (Å²) < 4.78 is 38.6. The fourth-order valence-corrected chi connectivity index (χ4v) is 6.82. The van der Waals surface area contributed by atoms with Crippen molar-refractivity contribution in [3.05, 3.63) is 132 Å². The van der Waals surface area contributed by atoms with E-state index in [4.69, 9.17) is 14.6 Å². The highest BCUT2D eigenvalue weighted by Gasteiger charge is 2.50. The van der Waals surface area contributed by atoms with E-state index < -0.39 is 23.7 Å². The predicted molar refractivity (Wildman–Crippen MR) is 178 cm³/mol. The second-order valence-corrected chi connectivity index (χ2v) is 12.8. The van der Waals surface area contributed by atoms with Gasteiger partial charge >= 0.3 is 12.1 Å². The van der Waals surface area contributed by atoms with Gasteiger partial charge in [0.25, 0.3) is 5.91 Å². The number of hydrogen-bond donors (Lipinski definition) is 2. The highest BCUT2D eigenvalue weighted by molar-refractivity contribution is 5.94. The highest BCUT2D eigenvalue weighted by Crippen LogP contribution is 2.38. The Labute approximate surface area is 288 Å². The molecule has 3 fully saturated rings. The van der Waals surface area contributed by atoms with Gasteiger partial charge in [-0.15, -0.1) is 0 Å². The average molecular weight is 689 g/mol. The Morgan fingerprint density at radius 2 is 1.26 bits per heavy atom. The maximum absolute atomic E-state index is 13.8. The number of hydrogen-bond acceptors (Lipinski definition) is 6. The molecule has 0 radical (unpaired) electrons. The van der Waals surface area contributed by atoms with E-state index in [0.29, 0.717) is 29.2 Å². The molecule has 3 aliphatic heterocycles. The van der Waals surface area contributed by atoms with Gasteiger partial charge in [-0.2, -0.15) is 13.2 Å². The SMILES string of the molecule is O=C(NCCC[N+]12CCC(CC1)[C@@H](OC(=O)C(O)(c1ccccc1)c1ccccc1)C2)c1ccc(-c2ccccc2)cc1.O=C([O-])C(F)(F)F. The van der Waals surface area contributed by atoms with Crippen molar-refractivity contribution in [3.8, 4) is 11.1 Å². The number of ether oxygens (including phenoxy) is 1. The van der Waals surface area contributed by atoms with Gasteiger partial charge in [0.15, 0.2) is 6.10 Å². The van der Waals surface area contributed by atoms with Crippen LogP contribution in [0.2, 0.25) is 0 Å². The Balaban J connectivity index is 0.000000630. The maximum Gasteiger partial charge on any atom is 0.430 e. The Kier molecular flexibility index (Phi) is 11.4. The van der Waals surface area contributed by atoms with Crippen molar-refractivity contribution < 1.29 is 47.0 Å². The first-order chi connectivity index (χ1) is 23.9. The van der Waals surface area contributed by atoms with Crippen molar-refractivity contribution in [1.29, 1.82) is 0 Å². The van der Waals surface area contributed by atoms with E-state index in [1.54, 1.807) is 24.3 Å². The second-order valence-electron chi connectivity index (χ2n) is 12.8. The minimum absolute atomic E-state index is 0.0649. The van der Waals surface area contributed by atoms with E-state index in [1.165, 1.54) is 0 Å². The zero-order chi connectivity index (χ0) is 35.8. The number of nitrogens with zero attached hydrogens (tertiary/aromatic N) is 1. The quantitative estimate of drug-likeness (QED) is 0.140. The lowest BCUT2D eigenvalue weighted by Crippen LogP contribution is -2.65. The van der Waals surface area contributed by atoms with Crippen LogP contribution in [0, 0.1) is 5.92 Å². The third kappa shape index (κ3) is 8.58. The lowest BCUT2D eigenvalue weighted by Gasteiger charge is -2.52. The monoisotopic (exact) mass is 688 g/mol. The van der Waals surface area contributed by atoms with Crippen molar-refractivity contribution in [2.24, 2.45) is 5.92 Å². The molecule has 7 rings (SSSR count). The van der Waals surface area contributed by atoms with Crippen LogP contribution in [0.1, 0.15) is 40.7 Å². The molecule has 2 N–H and O–H groups in total. The molecule has 0 aromatic heterocycles. The van der Waals surface area contributed by atoms with E-state index in [1.807, 2.05) is 78.9 Å². The van der Waals surface area contributed by atoms with Gasteiger partial charge in [0, 0.05) is 37.3 Å². The number of quaternary nitrogens is 1. The molecule has 11 heteroatoms. The fraction of sp³-hybridized carbons (Fsp3) is 0.308. The van der Waals surface area contributed by atoms with Gasteiger partial charge < -0.3 is 29.5 Å². The molecule has 2 bridgehead atoms. The number of benzene rings is 4. The molecule has 262 valence electrons. The molecule has 0 aliphatic carbocycles. The van der Waals surface area contributed by atoms with Crippen LogP contribution in [0.3, 0.4) is 0 Å². The van der Waals surface area contributed by atoms with Crippen molar-refractivity contribution in [3.63, 3.8) is 0 Å². The molecule has 3 heterocycles. The normalized spacial score (nSPS) is 19.8. The smallest absolute Gasteiger partial charge is 0.430 e. The number of carbonyl (C=O) groups excluding carboxylic acids is 3. The van der Waals surface area contributed by atoms with Crippen LogP contribution >= 0.6 is 0 Å². The summed E-state index contributed by atoms with van der Waals surface area (Å²) in [5.74, 6) is -3.39. The average Bonchev–Trinajstić information content (AvgIpc) is 3.14. The van der Waals surface area contributed by atoms with Crippen molar-refractivity contribution in [1.82, 2.24) is 5.32 Å². The largest absolute Gasteiger partial charge is 0.542 e. The number of nitrogens with one attached hydrogen (secondary N) is 1. The van der Waals surface area contributed by atoms with E-state index in [0.717, 1.165) is 61.1 Å². The number of rotatable bonds is 10. The van der Waals surface area contributed by atoms with Crippen LogP contribution in [0.25, 0.3) is 11.1 Å². The molecule has 0 spiro atoms. The molecule has 1 amide bonds. The number of alkyl halides is 3. The van der Waals surface area contributed by atoms with Gasteiger partial charge in [-0.1, -0.05) is 103 Å². The van der Waals surface area contributed by atoms with Crippen LogP contribution < -0.4 is 10.4 Å². The minimum Gasteiger partial charge on any atom is -0.542 e. The van der Waals surface area contributed by atoms with Crippen LogP contribution in [-0.2, 0) is 19.9 Å². The van der Waals surface area contributed by atoms with Gasteiger partial charge in [-0.25, -0.2) is 4.79 Å². The van der Waals surface area contributed by atoms with Gasteiger partial charge in [0.05, 0.1) is 19.6 Å². The summed E-state index contributed by atoms with van der Waals surface area (Å²) in [7, 11) is 0. The van der Waals surface area contributed by atoms with Crippen molar-refractivity contribution >= 4 is 17.8 Å². The van der Waals surface area contributed by atoms with Crippen LogP contribution in [0.15, 0.2) is 115 Å². The zero-order valence-electron chi connectivity index (χ0n) is 27.4. The molecule has 0 unspecified atom stereocenters. The molecular weight excluding hydrogens is 649 g/mol. The van der Waals surface area contributed by atoms with Crippen LogP contribution in [0.5, 0.6) is 0 Å². The number of aliphatic hydroxyl groups is 1. The number of carboxylic acids is 1. The summed E-state index contributed by atoms with van der Waals surface area (Å²) in [6.07, 6.45) is -2.61. The molecule has 3 saturated heterocycles. The molecule has 4 aromatic carbocycles. The summed E-state index contributed by atoms with van der Waals surface area (Å²) >= 11 is 0. The minimum atomic E-state index is -5.19.